The first kappa shape index (κ1) is 16.0. The summed E-state index contributed by atoms with van der Waals surface area (Å²) in [6, 6.07) is 15.7. The third-order valence-electron chi connectivity index (χ3n) is 3.99. The van der Waals surface area contributed by atoms with Gasteiger partial charge in [0.1, 0.15) is 0 Å². The van der Waals surface area contributed by atoms with Gasteiger partial charge in [0.05, 0.1) is 11.5 Å². The fourth-order valence-electron chi connectivity index (χ4n) is 2.79. The summed E-state index contributed by atoms with van der Waals surface area (Å²) in [6.07, 6.45) is 1.49. The molecular formula is C17H20NO4S+. The average molecular weight is 334 g/mol. The maximum Gasteiger partial charge on any atom is 0.260 e. The Kier molecular flexibility index (Phi) is 4.66. The van der Waals surface area contributed by atoms with Gasteiger partial charge in [0.15, 0.2) is 0 Å². The fraction of sp³-hybridized carbons (Fsp3) is 0.294. The SMILES string of the molecule is O=S(=O)(c1ccc([OH+]c2ccccc2)cc1)N1CCC[C@@H]1CO. The van der Waals surface area contributed by atoms with E-state index in [-0.39, 0.29) is 17.5 Å². The van der Waals surface area contributed by atoms with Crippen LogP contribution in [-0.4, -0.2) is 41.8 Å². The smallest absolute Gasteiger partial charge is 0.260 e. The zero-order chi connectivity index (χ0) is 16.3. The van der Waals surface area contributed by atoms with Gasteiger partial charge in [-0.3, -0.25) is 0 Å². The molecule has 23 heavy (non-hydrogen) atoms. The van der Waals surface area contributed by atoms with Crippen molar-refractivity contribution in [1.82, 2.24) is 4.31 Å². The van der Waals surface area contributed by atoms with Crippen molar-refractivity contribution in [2.45, 2.75) is 23.8 Å². The molecule has 0 bridgehead atoms. The third-order valence-corrected chi connectivity index (χ3v) is 5.96. The van der Waals surface area contributed by atoms with Crippen molar-refractivity contribution >= 4 is 10.0 Å². The highest BCUT2D eigenvalue weighted by molar-refractivity contribution is 7.89. The van der Waals surface area contributed by atoms with Gasteiger partial charge in [0, 0.05) is 36.9 Å². The summed E-state index contributed by atoms with van der Waals surface area (Å²) in [4.78, 5) is 0.241. The Balaban J connectivity index is 1.79. The lowest BCUT2D eigenvalue weighted by molar-refractivity contribution is 0.198. The second kappa shape index (κ2) is 6.70. The van der Waals surface area contributed by atoms with Gasteiger partial charge >= 0.3 is 0 Å². The van der Waals surface area contributed by atoms with Gasteiger partial charge < -0.3 is 9.84 Å². The summed E-state index contributed by atoms with van der Waals surface area (Å²) >= 11 is 0. The molecule has 2 aromatic rings. The van der Waals surface area contributed by atoms with E-state index in [4.69, 9.17) is 0 Å². The molecule has 2 aromatic carbocycles. The van der Waals surface area contributed by atoms with E-state index >= 15 is 0 Å². The van der Waals surface area contributed by atoms with E-state index in [1.54, 1.807) is 24.3 Å². The van der Waals surface area contributed by atoms with E-state index in [1.807, 2.05) is 30.3 Å². The molecule has 0 saturated carbocycles. The van der Waals surface area contributed by atoms with Crippen LogP contribution in [0.25, 0.3) is 0 Å². The Labute approximate surface area is 136 Å². The number of para-hydroxylation sites is 1. The minimum atomic E-state index is -3.56. The number of hydrogen-bond acceptors (Lipinski definition) is 3. The van der Waals surface area contributed by atoms with E-state index < -0.39 is 10.0 Å². The molecular weight excluding hydrogens is 314 g/mol. The summed E-state index contributed by atoms with van der Waals surface area (Å²) < 4.78 is 31.2. The van der Waals surface area contributed by atoms with Crippen LogP contribution in [-0.2, 0) is 10.0 Å². The Morgan fingerprint density at radius 2 is 1.70 bits per heavy atom. The van der Waals surface area contributed by atoms with Gasteiger partial charge in [-0.25, -0.2) is 8.42 Å². The molecule has 1 fully saturated rings. The minimum Gasteiger partial charge on any atom is -0.546 e. The lowest BCUT2D eigenvalue weighted by atomic mass is 10.2. The molecule has 0 radical (unpaired) electrons. The molecule has 0 amide bonds. The van der Waals surface area contributed by atoms with E-state index in [1.165, 1.54) is 4.31 Å². The van der Waals surface area contributed by atoms with Gasteiger partial charge in [-0.2, -0.15) is 4.31 Å². The molecule has 0 aromatic heterocycles. The lowest BCUT2D eigenvalue weighted by Gasteiger charge is -2.22. The minimum absolute atomic E-state index is 0.138. The van der Waals surface area contributed by atoms with Gasteiger partial charge in [-0.15, -0.1) is 0 Å². The van der Waals surface area contributed by atoms with Gasteiger partial charge in [-0.05, 0) is 25.0 Å². The molecule has 0 spiro atoms. The number of nitrogens with zero attached hydrogens (tertiary/aromatic N) is 1. The van der Waals surface area contributed by atoms with E-state index in [0.29, 0.717) is 18.7 Å². The summed E-state index contributed by atoms with van der Waals surface area (Å²) in [5.41, 5.74) is 0. The topological polar surface area (TPSA) is 70.4 Å². The van der Waals surface area contributed by atoms with Crippen molar-refractivity contribution < 1.29 is 18.3 Å². The largest absolute Gasteiger partial charge is 0.546 e. The Bertz CT molecular complexity index is 744. The number of sulfonamides is 1. The number of hydrogen-bond donors (Lipinski definition) is 1. The zero-order valence-electron chi connectivity index (χ0n) is 12.7. The first-order valence-corrected chi connectivity index (χ1v) is 9.05. The van der Waals surface area contributed by atoms with Gasteiger partial charge in [-0.1, -0.05) is 18.2 Å². The first-order chi connectivity index (χ1) is 11.1. The molecule has 1 aliphatic rings. The molecule has 2 N–H and O–H groups in total. The number of rotatable bonds is 5. The first-order valence-electron chi connectivity index (χ1n) is 7.61. The number of benzene rings is 2. The van der Waals surface area contributed by atoms with Crippen LogP contribution in [0, 0.1) is 0 Å². The van der Waals surface area contributed by atoms with Crippen LogP contribution in [0.2, 0.25) is 0 Å². The molecule has 3 rings (SSSR count). The van der Waals surface area contributed by atoms with Gasteiger partial charge in [0.25, 0.3) is 11.5 Å². The monoisotopic (exact) mass is 334 g/mol. The average Bonchev–Trinajstić information content (AvgIpc) is 3.06. The number of aliphatic hydroxyl groups excluding tert-OH is 1. The molecule has 6 heteroatoms. The quantitative estimate of drug-likeness (QED) is 0.854. The second-order valence-electron chi connectivity index (χ2n) is 5.54. The highest BCUT2D eigenvalue weighted by Gasteiger charge is 2.34. The van der Waals surface area contributed by atoms with E-state index in [0.717, 1.165) is 12.2 Å². The van der Waals surface area contributed by atoms with Crippen molar-refractivity contribution in [2.24, 2.45) is 0 Å². The van der Waals surface area contributed by atoms with Crippen molar-refractivity contribution in [3.63, 3.8) is 0 Å². The fourth-order valence-corrected chi connectivity index (χ4v) is 4.47. The van der Waals surface area contributed by atoms with E-state index in [9.17, 15) is 13.5 Å². The van der Waals surface area contributed by atoms with Crippen molar-refractivity contribution in [3.8, 4) is 11.5 Å². The molecule has 122 valence electrons. The third kappa shape index (κ3) is 3.39. The number of ether oxygens (including phenoxy) is 1. The summed E-state index contributed by atoms with van der Waals surface area (Å²) in [7, 11) is -3.56. The van der Waals surface area contributed by atoms with Gasteiger partial charge in [0.2, 0.25) is 10.0 Å². The molecule has 0 aliphatic carbocycles. The zero-order valence-corrected chi connectivity index (χ0v) is 13.5. The molecule has 0 unspecified atom stereocenters. The van der Waals surface area contributed by atoms with Crippen molar-refractivity contribution in [3.05, 3.63) is 54.6 Å². The van der Waals surface area contributed by atoms with Crippen LogP contribution in [0.4, 0.5) is 0 Å². The van der Waals surface area contributed by atoms with E-state index in [2.05, 4.69) is 4.74 Å². The summed E-state index contributed by atoms with van der Waals surface area (Å²) in [6.45, 7) is 0.324. The van der Waals surface area contributed by atoms with Crippen molar-refractivity contribution in [2.75, 3.05) is 13.2 Å². The van der Waals surface area contributed by atoms with Crippen LogP contribution in [0.15, 0.2) is 59.5 Å². The Hall–Kier alpha value is -1.89. The molecule has 5 nitrogen and oxygen atoms in total. The maximum absolute atomic E-state index is 12.7. The molecule has 1 aliphatic heterocycles. The predicted molar refractivity (Wildman–Crippen MR) is 88.0 cm³/mol. The Morgan fingerprint density at radius 3 is 2.35 bits per heavy atom. The van der Waals surface area contributed by atoms with Crippen molar-refractivity contribution in [1.29, 1.82) is 0 Å². The summed E-state index contributed by atoms with van der Waals surface area (Å²) in [5.74, 6) is 1.53. The van der Waals surface area contributed by atoms with Crippen LogP contribution in [0.1, 0.15) is 12.8 Å². The Morgan fingerprint density at radius 1 is 1.04 bits per heavy atom. The van der Waals surface area contributed by atoms with Crippen LogP contribution in [0.3, 0.4) is 0 Å². The number of aromatic hydroxyl groups is 2. The second-order valence-corrected chi connectivity index (χ2v) is 7.43. The predicted octanol–water partition coefficient (Wildman–Crippen LogP) is 2.49. The highest BCUT2D eigenvalue weighted by Crippen LogP contribution is 2.28. The standard InChI is InChI=1S/C17H19NO4S/c19-13-14-5-4-12-18(14)23(20,21)17-10-8-16(9-11-17)22-15-6-2-1-3-7-15/h1-3,6-11,14,19H,4-5,12-13H2/p+1/t14-/m1/s1. The molecule has 1 atom stereocenters. The molecule has 1 heterocycles. The van der Waals surface area contributed by atoms with Crippen LogP contribution < -0.4 is 0 Å². The maximum atomic E-state index is 12.7. The normalized spacial score (nSPS) is 18.9. The van der Waals surface area contributed by atoms with Crippen LogP contribution in [0.5, 0.6) is 11.5 Å². The lowest BCUT2D eigenvalue weighted by Crippen LogP contribution is -2.37. The summed E-state index contributed by atoms with van der Waals surface area (Å²) in [5, 5.41) is 9.33. The number of aliphatic hydroxyl groups is 1. The highest BCUT2D eigenvalue weighted by atomic mass is 32.2. The van der Waals surface area contributed by atoms with Crippen LogP contribution >= 0.6 is 0 Å². The molecule has 1 saturated heterocycles.